The van der Waals surface area contributed by atoms with Gasteiger partial charge in [-0.3, -0.25) is 10.1 Å². The summed E-state index contributed by atoms with van der Waals surface area (Å²) in [5.41, 5.74) is 7.30. The van der Waals surface area contributed by atoms with Gasteiger partial charge in [0.15, 0.2) is 0 Å². The average Bonchev–Trinajstić information content (AvgIpc) is 3.20. The third kappa shape index (κ3) is 5.49. The van der Waals surface area contributed by atoms with E-state index in [-0.39, 0.29) is 12.5 Å². The molecule has 0 saturated carbocycles. The quantitative estimate of drug-likeness (QED) is 0.365. The fourth-order valence-corrected chi connectivity index (χ4v) is 4.57. The summed E-state index contributed by atoms with van der Waals surface area (Å²) in [4.78, 5) is 26.4. The second kappa shape index (κ2) is 11.0. The minimum absolute atomic E-state index is 0.193. The van der Waals surface area contributed by atoms with Crippen LogP contribution in [-0.2, 0) is 14.3 Å². The molecular weight excluding hydrogens is 452 g/mol. The molecule has 0 unspecified atom stereocenters. The maximum atomic E-state index is 12.5. The number of carbonyl (C=O) groups is 2. The molecule has 8 nitrogen and oxygen atoms in total. The Hall–Kier alpha value is -3.56. The molecule has 2 aromatic rings. The number of rotatable bonds is 8. The average molecular weight is 479 g/mol. The molecule has 2 aromatic carbocycles. The van der Waals surface area contributed by atoms with E-state index < -0.39 is 6.09 Å². The maximum Gasteiger partial charge on any atom is 0.411 e. The van der Waals surface area contributed by atoms with E-state index >= 15 is 0 Å². The Labute approximate surface area is 202 Å². The number of methoxy groups -OCH3 is 1. The van der Waals surface area contributed by atoms with Crippen LogP contribution in [0.1, 0.15) is 25.3 Å². The lowest BCUT2D eigenvalue weighted by Gasteiger charge is -2.22. The van der Waals surface area contributed by atoms with Crippen LogP contribution in [0.5, 0.6) is 0 Å². The van der Waals surface area contributed by atoms with Crippen molar-refractivity contribution in [2.24, 2.45) is 5.10 Å². The monoisotopic (exact) mass is 478 g/mol. The smallest absolute Gasteiger partial charge is 0.411 e. The zero-order valence-corrected chi connectivity index (χ0v) is 19.8. The number of para-hydroxylation sites is 1. The first-order valence-electron chi connectivity index (χ1n) is 11.0. The zero-order valence-electron chi connectivity index (χ0n) is 19.0. The van der Waals surface area contributed by atoms with Gasteiger partial charge in [-0.15, -0.1) is 0 Å². The summed E-state index contributed by atoms with van der Waals surface area (Å²) in [7, 11) is 1.55. The highest BCUT2D eigenvalue weighted by atomic mass is 32.2. The Kier molecular flexibility index (Phi) is 7.66. The summed E-state index contributed by atoms with van der Waals surface area (Å²) < 4.78 is 9.90. The van der Waals surface area contributed by atoms with Crippen molar-refractivity contribution in [3.05, 3.63) is 71.4 Å². The van der Waals surface area contributed by atoms with Crippen LogP contribution in [0.3, 0.4) is 0 Å². The van der Waals surface area contributed by atoms with Crippen molar-refractivity contribution in [1.29, 1.82) is 0 Å². The lowest BCUT2D eigenvalue weighted by Crippen LogP contribution is -2.19. The van der Waals surface area contributed by atoms with Crippen molar-refractivity contribution in [3.8, 4) is 0 Å². The van der Waals surface area contributed by atoms with Crippen LogP contribution in [-0.4, -0.2) is 38.0 Å². The number of hydrogen-bond acceptors (Lipinski definition) is 7. The highest BCUT2D eigenvalue weighted by Gasteiger charge is 2.28. The number of nitrogens with zero attached hydrogens (tertiary/aromatic N) is 1. The zero-order chi connectivity index (χ0) is 23.9. The summed E-state index contributed by atoms with van der Waals surface area (Å²) in [5.74, 6) is -0.196. The molecule has 0 aliphatic carbocycles. The first-order chi connectivity index (χ1) is 16.6. The van der Waals surface area contributed by atoms with Crippen molar-refractivity contribution in [1.82, 2.24) is 5.43 Å². The van der Waals surface area contributed by atoms with E-state index in [1.54, 1.807) is 18.9 Å². The van der Waals surface area contributed by atoms with Crippen molar-refractivity contribution in [3.63, 3.8) is 0 Å². The highest BCUT2D eigenvalue weighted by molar-refractivity contribution is 8.08. The second-order valence-electron chi connectivity index (χ2n) is 7.60. The van der Waals surface area contributed by atoms with Crippen LogP contribution in [0.25, 0.3) is 4.91 Å². The Bertz CT molecular complexity index is 1170. The Morgan fingerprint density at radius 3 is 2.68 bits per heavy atom. The van der Waals surface area contributed by atoms with Gasteiger partial charge in [0, 0.05) is 33.8 Å². The van der Waals surface area contributed by atoms with E-state index in [0.717, 1.165) is 45.3 Å². The Morgan fingerprint density at radius 1 is 1.12 bits per heavy atom. The minimum atomic E-state index is -0.525. The van der Waals surface area contributed by atoms with Gasteiger partial charge in [-0.2, -0.15) is 5.10 Å². The number of fused-ring (bicyclic) bond motifs is 1. The Balaban J connectivity index is 1.56. The SMILES string of the molecule is CCCC1=NNC(=O)C1=C1C=C(Sc2ccc(NC(=O)OCCOC)cc2)c2ccccc2N1. The number of amides is 2. The third-order valence-electron chi connectivity index (χ3n) is 5.15. The summed E-state index contributed by atoms with van der Waals surface area (Å²) >= 11 is 1.58. The standard InChI is InChI=1S/C25H26N4O4S/c1-3-6-20-23(24(30)29-28-20)21-15-22(18-7-4-5-8-19(18)27-21)34-17-11-9-16(10-12-17)26-25(31)33-14-13-32-2/h4-5,7-12,15,27H,3,6,13-14H2,1-2H3,(H,26,31)(H,29,30). The Morgan fingerprint density at radius 2 is 1.91 bits per heavy atom. The van der Waals surface area contributed by atoms with Crippen LogP contribution < -0.4 is 16.1 Å². The highest BCUT2D eigenvalue weighted by Crippen LogP contribution is 2.42. The molecule has 2 aliphatic rings. The molecular formula is C25H26N4O4S. The number of anilines is 2. The molecule has 0 saturated heterocycles. The van der Waals surface area contributed by atoms with E-state index in [1.165, 1.54) is 0 Å². The number of hydrazone groups is 1. The van der Waals surface area contributed by atoms with Gasteiger partial charge >= 0.3 is 6.09 Å². The van der Waals surface area contributed by atoms with Crippen molar-refractivity contribution < 1.29 is 19.1 Å². The molecule has 0 spiro atoms. The maximum absolute atomic E-state index is 12.5. The molecule has 0 atom stereocenters. The number of nitrogens with one attached hydrogen (secondary N) is 3. The van der Waals surface area contributed by atoms with E-state index in [1.807, 2.05) is 54.6 Å². The number of benzene rings is 2. The fourth-order valence-electron chi connectivity index (χ4n) is 3.58. The van der Waals surface area contributed by atoms with Gasteiger partial charge in [0.2, 0.25) is 0 Å². The molecule has 0 bridgehead atoms. The van der Waals surface area contributed by atoms with E-state index in [9.17, 15) is 9.59 Å². The summed E-state index contributed by atoms with van der Waals surface area (Å²) in [6, 6.07) is 15.5. The molecule has 2 amide bonds. The molecule has 0 fully saturated rings. The van der Waals surface area contributed by atoms with Crippen LogP contribution in [0.4, 0.5) is 16.2 Å². The van der Waals surface area contributed by atoms with Crippen molar-refractivity contribution in [2.75, 3.05) is 31.0 Å². The fraction of sp³-hybridized carbons (Fsp3) is 0.240. The largest absolute Gasteiger partial charge is 0.447 e. The number of ether oxygens (including phenoxy) is 2. The molecule has 2 heterocycles. The van der Waals surface area contributed by atoms with Crippen LogP contribution >= 0.6 is 11.8 Å². The van der Waals surface area contributed by atoms with E-state index in [2.05, 4.69) is 28.1 Å². The lowest BCUT2D eigenvalue weighted by molar-refractivity contribution is -0.116. The van der Waals surface area contributed by atoms with Crippen LogP contribution in [0.15, 0.2) is 75.9 Å². The van der Waals surface area contributed by atoms with Gasteiger partial charge < -0.3 is 14.8 Å². The van der Waals surface area contributed by atoms with Gasteiger partial charge in [-0.05, 0) is 42.8 Å². The molecule has 0 radical (unpaired) electrons. The minimum Gasteiger partial charge on any atom is -0.447 e. The molecule has 176 valence electrons. The first-order valence-corrected chi connectivity index (χ1v) is 11.8. The molecule has 0 aromatic heterocycles. The van der Waals surface area contributed by atoms with Crippen LogP contribution in [0, 0.1) is 0 Å². The van der Waals surface area contributed by atoms with Crippen molar-refractivity contribution in [2.45, 2.75) is 24.7 Å². The molecule has 4 rings (SSSR count). The number of hydrogen-bond donors (Lipinski definition) is 3. The van der Waals surface area contributed by atoms with E-state index in [0.29, 0.717) is 17.9 Å². The first kappa shape index (κ1) is 23.6. The van der Waals surface area contributed by atoms with E-state index in [4.69, 9.17) is 9.47 Å². The number of carbonyl (C=O) groups excluding carboxylic acids is 2. The molecule has 9 heteroatoms. The normalized spacial score (nSPS) is 16.7. The summed E-state index contributed by atoms with van der Waals surface area (Å²) in [5, 5.41) is 10.3. The van der Waals surface area contributed by atoms with Gasteiger partial charge in [-0.1, -0.05) is 43.3 Å². The van der Waals surface area contributed by atoms with Gasteiger partial charge in [-0.25, -0.2) is 10.2 Å². The summed E-state index contributed by atoms with van der Waals surface area (Å²) in [6.45, 7) is 2.60. The third-order valence-corrected chi connectivity index (χ3v) is 6.22. The second-order valence-corrected chi connectivity index (χ2v) is 8.71. The molecule has 34 heavy (non-hydrogen) atoms. The number of allylic oxidation sites excluding steroid dienone is 1. The predicted octanol–water partition coefficient (Wildman–Crippen LogP) is 4.98. The predicted molar refractivity (Wildman–Crippen MR) is 135 cm³/mol. The topological polar surface area (TPSA) is 101 Å². The van der Waals surface area contributed by atoms with Gasteiger partial charge in [0.1, 0.15) is 6.61 Å². The lowest BCUT2D eigenvalue weighted by atomic mass is 10.0. The van der Waals surface area contributed by atoms with Crippen molar-refractivity contribution >= 4 is 45.8 Å². The molecule has 3 N–H and O–H groups in total. The number of thioether (sulfide) groups is 1. The van der Waals surface area contributed by atoms with Crippen LogP contribution in [0.2, 0.25) is 0 Å². The molecule has 2 aliphatic heterocycles. The summed E-state index contributed by atoms with van der Waals surface area (Å²) in [6.07, 6.45) is 3.09. The van der Waals surface area contributed by atoms with Gasteiger partial charge in [0.05, 0.1) is 23.6 Å². The van der Waals surface area contributed by atoms with Gasteiger partial charge in [0.25, 0.3) is 5.91 Å².